The maximum Gasteiger partial charge on any atom is 0.393 e. The van der Waals surface area contributed by atoms with Crippen molar-refractivity contribution in [2.24, 2.45) is 5.92 Å². The molecule has 1 aromatic carbocycles. The van der Waals surface area contributed by atoms with Crippen LogP contribution < -0.4 is 5.73 Å². The van der Waals surface area contributed by atoms with Crippen LogP contribution >= 0.6 is 11.6 Å². The van der Waals surface area contributed by atoms with Gasteiger partial charge >= 0.3 is 6.18 Å². The van der Waals surface area contributed by atoms with Gasteiger partial charge in [-0.1, -0.05) is 11.6 Å². The Morgan fingerprint density at radius 2 is 2.00 bits per heavy atom. The van der Waals surface area contributed by atoms with Gasteiger partial charge in [0.15, 0.2) is 0 Å². The average Bonchev–Trinajstić information content (AvgIpc) is 2.41. The number of nitrogens with two attached hydrogens (primary N) is 1. The van der Waals surface area contributed by atoms with Gasteiger partial charge in [-0.25, -0.2) is 8.42 Å². The van der Waals surface area contributed by atoms with Crippen LogP contribution in [0.4, 0.5) is 18.9 Å². The molecule has 0 bridgehead atoms. The van der Waals surface area contributed by atoms with Gasteiger partial charge in [-0.2, -0.15) is 17.5 Å². The zero-order valence-corrected chi connectivity index (χ0v) is 12.5. The number of nitrogens with zero attached hydrogens (tertiary/aromatic N) is 1. The number of hydrogen-bond donors (Lipinski definition) is 1. The molecular formula is C12H14ClF3N2O2S. The fourth-order valence-corrected chi connectivity index (χ4v) is 3.94. The highest BCUT2D eigenvalue weighted by molar-refractivity contribution is 7.89. The van der Waals surface area contributed by atoms with Crippen LogP contribution in [0.2, 0.25) is 5.02 Å². The number of halogens is 4. The monoisotopic (exact) mass is 342 g/mol. The molecule has 9 heteroatoms. The number of alkyl halides is 3. The number of rotatable bonds is 2. The van der Waals surface area contributed by atoms with E-state index in [4.69, 9.17) is 17.3 Å². The molecule has 0 amide bonds. The van der Waals surface area contributed by atoms with Crippen LogP contribution in [0.25, 0.3) is 0 Å². The summed E-state index contributed by atoms with van der Waals surface area (Å²) in [5.41, 5.74) is 5.62. The summed E-state index contributed by atoms with van der Waals surface area (Å²) in [7, 11) is -4.00. The second-order valence-electron chi connectivity index (χ2n) is 4.93. The molecule has 21 heavy (non-hydrogen) atoms. The summed E-state index contributed by atoms with van der Waals surface area (Å²) < 4.78 is 63.9. The standard InChI is InChI=1S/C12H14ClF3N2O2S/c13-10-4-3-9(6-11(10)17)21(19,20)18-5-1-2-8(7-18)12(14,15)16/h3-4,6,8H,1-2,5,7,17H2. The van der Waals surface area contributed by atoms with Crippen molar-refractivity contribution in [3.63, 3.8) is 0 Å². The van der Waals surface area contributed by atoms with Gasteiger partial charge in [0.2, 0.25) is 10.0 Å². The van der Waals surface area contributed by atoms with Crippen molar-refractivity contribution in [3.8, 4) is 0 Å². The Labute approximate surface area is 125 Å². The van der Waals surface area contributed by atoms with Crippen LogP contribution in [0.15, 0.2) is 23.1 Å². The molecule has 0 spiro atoms. The molecular weight excluding hydrogens is 329 g/mol. The van der Waals surface area contributed by atoms with Crippen molar-refractivity contribution in [1.29, 1.82) is 0 Å². The van der Waals surface area contributed by atoms with E-state index in [0.29, 0.717) is 0 Å². The molecule has 1 heterocycles. The summed E-state index contributed by atoms with van der Waals surface area (Å²) in [4.78, 5) is -0.146. The Morgan fingerprint density at radius 1 is 1.33 bits per heavy atom. The topological polar surface area (TPSA) is 63.4 Å². The van der Waals surface area contributed by atoms with E-state index < -0.39 is 28.7 Å². The van der Waals surface area contributed by atoms with E-state index in [-0.39, 0.29) is 35.0 Å². The van der Waals surface area contributed by atoms with Crippen LogP contribution in [-0.4, -0.2) is 32.0 Å². The van der Waals surface area contributed by atoms with Gasteiger partial charge in [-0.05, 0) is 31.0 Å². The van der Waals surface area contributed by atoms with Gasteiger partial charge in [-0.15, -0.1) is 0 Å². The molecule has 1 fully saturated rings. The van der Waals surface area contributed by atoms with Crippen molar-refractivity contribution < 1.29 is 21.6 Å². The summed E-state index contributed by atoms with van der Waals surface area (Å²) in [5.74, 6) is -1.63. The molecule has 0 radical (unpaired) electrons. The lowest BCUT2D eigenvalue weighted by Gasteiger charge is -2.32. The third-order valence-electron chi connectivity index (χ3n) is 3.45. The average molecular weight is 343 g/mol. The van der Waals surface area contributed by atoms with Crippen molar-refractivity contribution >= 4 is 27.3 Å². The summed E-state index contributed by atoms with van der Waals surface area (Å²) in [5, 5.41) is 0.195. The zero-order valence-electron chi connectivity index (χ0n) is 10.9. The second kappa shape index (κ2) is 5.66. The largest absolute Gasteiger partial charge is 0.397 e. The minimum atomic E-state index is -4.40. The second-order valence-corrected chi connectivity index (χ2v) is 7.27. The lowest BCUT2D eigenvalue weighted by Crippen LogP contribution is -2.44. The summed E-state index contributed by atoms with van der Waals surface area (Å²) in [6, 6.07) is 3.72. The molecule has 2 N–H and O–H groups in total. The van der Waals surface area contributed by atoms with Gasteiger partial charge < -0.3 is 5.73 Å². The number of hydrogen-bond acceptors (Lipinski definition) is 3. The summed E-state index contributed by atoms with van der Waals surface area (Å²) in [6.45, 7) is -0.494. The van der Waals surface area contributed by atoms with Crippen molar-refractivity contribution in [2.75, 3.05) is 18.8 Å². The first-order chi connectivity index (χ1) is 9.62. The van der Waals surface area contributed by atoms with E-state index in [9.17, 15) is 21.6 Å². The highest BCUT2D eigenvalue weighted by atomic mass is 35.5. The Morgan fingerprint density at radius 3 is 2.57 bits per heavy atom. The molecule has 0 saturated carbocycles. The third-order valence-corrected chi connectivity index (χ3v) is 5.66. The zero-order chi connectivity index (χ0) is 15.8. The normalized spacial score (nSPS) is 21.4. The van der Waals surface area contributed by atoms with Crippen LogP contribution in [0.3, 0.4) is 0 Å². The van der Waals surface area contributed by atoms with Crippen LogP contribution in [-0.2, 0) is 10.0 Å². The van der Waals surface area contributed by atoms with Crippen molar-refractivity contribution in [1.82, 2.24) is 4.31 Å². The van der Waals surface area contributed by atoms with E-state index in [1.165, 1.54) is 12.1 Å². The fraction of sp³-hybridized carbons (Fsp3) is 0.500. The molecule has 0 aromatic heterocycles. The number of nitrogen functional groups attached to an aromatic ring is 1. The molecule has 1 saturated heterocycles. The predicted octanol–water partition coefficient (Wildman–Crippen LogP) is 2.89. The Balaban J connectivity index is 2.28. The predicted molar refractivity (Wildman–Crippen MR) is 73.4 cm³/mol. The Bertz CT molecular complexity index is 634. The number of piperidine rings is 1. The van der Waals surface area contributed by atoms with E-state index >= 15 is 0 Å². The van der Waals surface area contributed by atoms with Crippen LogP contribution in [0.5, 0.6) is 0 Å². The minimum Gasteiger partial charge on any atom is -0.397 e. The first-order valence-electron chi connectivity index (χ1n) is 6.24. The molecule has 0 aliphatic carbocycles. The third kappa shape index (κ3) is 3.44. The van der Waals surface area contributed by atoms with Gasteiger partial charge in [0.05, 0.1) is 21.5 Å². The van der Waals surface area contributed by atoms with Crippen LogP contribution in [0.1, 0.15) is 12.8 Å². The number of anilines is 1. The molecule has 1 aromatic rings. The Hall–Kier alpha value is -0.990. The minimum absolute atomic E-state index is 0.0573. The number of sulfonamides is 1. The maximum absolute atomic E-state index is 12.8. The maximum atomic E-state index is 12.8. The van der Waals surface area contributed by atoms with E-state index in [0.717, 1.165) is 10.4 Å². The summed E-state index contributed by atoms with van der Waals surface area (Å²) >= 11 is 5.72. The van der Waals surface area contributed by atoms with Crippen LogP contribution in [0, 0.1) is 5.92 Å². The molecule has 118 valence electrons. The SMILES string of the molecule is Nc1cc(S(=O)(=O)N2CCCC(C(F)(F)F)C2)ccc1Cl. The summed E-state index contributed by atoms with van der Waals surface area (Å²) in [6.07, 6.45) is -4.28. The molecule has 1 atom stereocenters. The lowest BCUT2D eigenvalue weighted by molar-refractivity contribution is -0.182. The quantitative estimate of drug-likeness (QED) is 0.840. The Kier molecular flexibility index (Phi) is 4.41. The van der Waals surface area contributed by atoms with Gasteiger partial charge in [0.1, 0.15) is 0 Å². The molecule has 1 unspecified atom stereocenters. The van der Waals surface area contributed by atoms with E-state index in [1.807, 2.05) is 0 Å². The first kappa shape index (κ1) is 16.4. The first-order valence-corrected chi connectivity index (χ1v) is 8.06. The highest BCUT2D eigenvalue weighted by Gasteiger charge is 2.44. The van der Waals surface area contributed by atoms with Gasteiger partial charge in [-0.3, -0.25) is 0 Å². The lowest BCUT2D eigenvalue weighted by atomic mass is 9.99. The smallest absolute Gasteiger partial charge is 0.393 e. The molecule has 2 rings (SSSR count). The molecule has 4 nitrogen and oxygen atoms in total. The van der Waals surface area contributed by atoms with Gasteiger partial charge in [0, 0.05) is 13.1 Å². The highest BCUT2D eigenvalue weighted by Crippen LogP contribution is 2.35. The number of benzene rings is 1. The van der Waals surface area contributed by atoms with Crippen molar-refractivity contribution in [3.05, 3.63) is 23.2 Å². The van der Waals surface area contributed by atoms with Crippen molar-refractivity contribution in [2.45, 2.75) is 23.9 Å². The van der Waals surface area contributed by atoms with E-state index in [2.05, 4.69) is 0 Å². The van der Waals surface area contributed by atoms with E-state index in [1.54, 1.807) is 0 Å². The fourth-order valence-electron chi connectivity index (χ4n) is 2.26. The van der Waals surface area contributed by atoms with Gasteiger partial charge in [0.25, 0.3) is 0 Å². The molecule has 1 aliphatic heterocycles. The molecule has 1 aliphatic rings.